The number of fused-ring (bicyclic) bond motifs is 2. The third-order valence-electron chi connectivity index (χ3n) is 7.47. The van der Waals surface area contributed by atoms with Crippen LogP contribution in [0.2, 0.25) is 0 Å². The second-order valence-corrected chi connectivity index (χ2v) is 10.00. The van der Waals surface area contributed by atoms with Crippen LogP contribution < -0.4 is 5.73 Å². The minimum absolute atomic E-state index is 0.275. The molecule has 2 aromatic rings. The molecule has 2 aliphatic heterocycles. The van der Waals surface area contributed by atoms with Crippen LogP contribution in [0, 0.1) is 5.82 Å². The lowest BCUT2D eigenvalue weighted by molar-refractivity contribution is -0.192. The number of benzene rings is 2. The zero-order valence-corrected chi connectivity index (χ0v) is 21.8. The molecule has 40 heavy (non-hydrogen) atoms. The van der Waals surface area contributed by atoms with E-state index in [1.54, 1.807) is 23.1 Å². The van der Waals surface area contributed by atoms with E-state index >= 15 is 0 Å². The minimum atomic E-state index is -5.08. The van der Waals surface area contributed by atoms with Gasteiger partial charge in [-0.3, -0.25) is 14.5 Å². The highest BCUT2D eigenvalue weighted by molar-refractivity contribution is 5.92. The van der Waals surface area contributed by atoms with Gasteiger partial charge in [0.05, 0.1) is 0 Å². The highest BCUT2D eigenvalue weighted by Gasteiger charge is 2.41. The Bertz CT molecular complexity index is 1160. The third-order valence-corrected chi connectivity index (χ3v) is 7.47. The van der Waals surface area contributed by atoms with Crippen LogP contribution >= 0.6 is 0 Å². The molecular weight excluding hydrogens is 534 g/mol. The third kappa shape index (κ3) is 8.49. The first kappa shape index (κ1) is 31.0. The number of amides is 2. The van der Waals surface area contributed by atoms with Gasteiger partial charge in [0, 0.05) is 37.3 Å². The van der Waals surface area contributed by atoms with Crippen molar-refractivity contribution in [2.45, 2.75) is 56.3 Å². The topological polar surface area (TPSA) is 124 Å². The van der Waals surface area contributed by atoms with Crippen LogP contribution in [0.5, 0.6) is 0 Å². The number of aliphatic carboxylic acids is 1. The Balaban J connectivity index is 0.000000559. The maximum absolute atomic E-state index is 13.1. The van der Waals surface area contributed by atoms with Crippen LogP contribution in [-0.4, -0.2) is 82.3 Å². The second-order valence-electron chi connectivity index (χ2n) is 10.00. The SMILES string of the molecule is NC(=O)c1cccc(C2CC3CCC(C2)N3CCN(CCc2ccc(F)cc2)C(=O)CO)c1.O=C(O)C(F)(F)F. The van der Waals surface area contributed by atoms with Gasteiger partial charge in [0.1, 0.15) is 12.4 Å². The number of carbonyl (C=O) groups excluding carboxylic acids is 2. The highest BCUT2D eigenvalue weighted by atomic mass is 19.4. The fourth-order valence-electron chi connectivity index (χ4n) is 5.47. The number of aliphatic hydroxyl groups excluding tert-OH is 1. The summed E-state index contributed by atoms with van der Waals surface area (Å²) in [5, 5.41) is 16.6. The summed E-state index contributed by atoms with van der Waals surface area (Å²) < 4.78 is 44.9. The van der Waals surface area contributed by atoms with E-state index in [4.69, 9.17) is 15.6 Å². The molecule has 12 heteroatoms. The molecule has 218 valence electrons. The fourth-order valence-corrected chi connectivity index (χ4v) is 5.47. The molecule has 0 spiro atoms. The maximum atomic E-state index is 13.1. The summed E-state index contributed by atoms with van der Waals surface area (Å²) in [6, 6.07) is 14.9. The van der Waals surface area contributed by atoms with Gasteiger partial charge in [-0.05, 0) is 73.4 Å². The quantitative estimate of drug-likeness (QED) is 0.400. The molecular formula is C28H33F4N3O5. The predicted octanol–water partition coefficient (Wildman–Crippen LogP) is 3.33. The van der Waals surface area contributed by atoms with Crippen molar-refractivity contribution in [1.29, 1.82) is 0 Å². The number of carboxylic acid groups (broad SMARTS) is 1. The van der Waals surface area contributed by atoms with Crippen molar-refractivity contribution in [2.24, 2.45) is 5.73 Å². The molecule has 8 nitrogen and oxygen atoms in total. The Labute approximate surface area is 229 Å². The van der Waals surface area contributed by atoms with Crippen LogP contribution in [0.1, 0.15) is 53.1 Å². The number of alkyl halides is 3. The van der Waals surface area contributed by atoms with Crippen LogP contribution in [0.25, 0.3) is 0 Å². The van der Waals surface area contributed by atoms with E-state index in [-0.39, 0.29) is 11.7 Å². The molecule has 4 rings (SSSR count). The van der Waals surface area contributed by atoms with Gasteiger partial charge < -0.3 is 20.8 Å². The molecule has 0 radical (unpaired) electrons. The Kier molecular flexibility index (Phi) is 10.6. The van der Waals surface area contributed by atoms with Gasteiger partial charge in [-0.2, -0.15) is 13.2 Å². The molecule has 2 fully saturated rings. The summed E-state index contributed by atoms with van der Waals surface area (Å²) in [7, 11) is 0. The van der Waals surface area contributed by atoms with E-state index in [0.717, 1.165) is 37.8 Å². The van der Waals surface area contributed by atoms with Gasteiger partial charge in [0.15, 0.2) is 0 Å². The van der Waals surface area contributed by atoms with Crippen LogP contribution in [0.3, 0.4) is 0 Å². The number of nitrogens with zero attached hydrogens (tertiary/aromatic N) is 2. The first-order valence-corrected chi connectivity index (χ1v) is 13.0. The molecule has 2 bridgehead atoms. The molecule has 0 saturated carbocycles. The lowest BCUT2D eigenvalue weighted by Crippen LogP contribution is -2.47. The normalized spacial score (nSPS) is 20.4. The number of carboxylic acids is 1. The number of piperidine rings is 1. The van der Waals surface area contributed by atoms with E-state index in [1.807, 2.05) is 12.1 Å². The molecule has 2 aromatic carbocycles. The first-order chi connectivity index (χ1) is 18.9. The average molecular weight is 568 g/mol. The van der Waals surface area contributed by atoms with Gasteiger partial charge in [0.2, 0.25) is 11.8 Å². The number of carbonyl (C=O) groups is 3. The highest BCUT2D eigenvalue weighted by Crippen LogP contribution is 2.43. The van der Waals surface area contributed by atoms with Crippen LogP contribution in [-0.2, 0) is 16.0 Å². The number of nitrogens with two attached hydrogens (primary N) is 1. The molecule has 2 amide bonds. The maximum Gasteiger partial charge on any atom is 0.490 e. The van der Waals surface area contributed by atoms with Crippen molar-refractivity contribution in [3.63, 3.8) is 0 Å². The summed E-state index contributed by atoms with van der Waals surface area (Å²) in [5.41, 5.74) is 8.16. The molecule has 0 aromatic heterocycles. The predicted molar refractivity (Wildman–Crippen MR) is 138 cm³/mol. The number of rotatable bonds is 9. The Hall–Kier alpha value is -3.51. The van der Waals surface area contributed by atoms with Gasteiger partial charge >= 0.3 is 12.1 Å². The lowest BCUT2D eigenvalue weighted by Gasteiger charge is -2.40. The summed E-state index contributed by atoms with van der Waals surface area (Å²) in [6.07, 6.45) is -0.123. The summed E-state index contributed by atoms with van der Waals surface area (Å²) in [4.78, 5) is 37.0. The van der Waals surface area contributed by atoms with Crippen LogP contribution in [0.4, 0.5) is 17.6 Å². The number of hydrogen-bond donors (Lipinski definition) is 3. The van der Waals surface area contributed by atoms with Gasteiger partial charge in [-0.1, -0.05) is 24.3 Å². The Morgan fingerprint density at radius 1 is 1.00 bits per heavy atom. The smallest absolute Gasteiger partial charge is 0.475 e. The summed E-state index contributed by atoms with van der Waals surface area (Å²) >= 11 is 0. The summed E-state index contributed by atoms with van der Waals surface area (Å²) in [6.45, 7) is 1.33. The number of hydrogen-bond acceptors (Lipinski definition) is 5. The van der Waals surface area contributed by atoms with Gasteiger partial charge in [-0.25, -0.2) is 9.18 Å². The molecule has 0 aliphatic carbocycles. The van der Waals surface area contributed by atoms with Crippen molar-refractivity contribution >= 4 is 17.8 Å². The number of primary amides is 1. The van der Waals surface area contributed by atoms with Crippen molar-refractivity contribution in [3.05, 3.63) is 71.0 Å². The van der Waals surface area contributed by atoms with E-state index in [9.17, 15) is 32.3 Å². The molecule has 2 heterocycles. The van der Waals surface area contributed by atoms with E-state index in [1.165, 1.54) is 17.7 Å². The lowest BCUT2D eigenvalue weighted by atomic mass is 9.84. The monoisotopic (exact) mass is 567 g/mol. The van der Waals surface area contributed by atoms with Crippen LogP contribution in [0.15, 0.2) is 48.5 Å². The fraction of sp³-hybridized carbons (Fsp3) is 0.464. The summed E-state index contributed by atoms with van der Waals surface area (Å²) in [5.74, 6) is -3.30. The van der Waals surface area contributed by atoms with Crippen molar-refractivity contribution in [2.75, 3.05) is 26.2 Å². The van der Waals surface area contributed by atoms with E-state index in [2.05, 4.69) is 11.0 Å². The number of aliphatic hydroxyl groups is 1. The molecule has 2 aliphatic rings. The Morgan fingerprint density at radius 3 is 2.12 bits per heavy atom. The van der Waals surface area contributed by atoms with Crippen molar-refractivity contribution in [1.82, 2.24) is 9.80 Å². The van der Waals surface area contributed by atoms with E-state index in [0.29, 0.717) is 43.1 Å². The largest absolute Gasteiger partial charge is 0.490 e. The second kappa shape index (κ2) is 13.7. The molecule has 2 atom stereocenters. The van der Waals surface area contributed by atoms with E-state index < -0.39 is 24.7 Å². The molecule has 2 unspecified atom stereocenters. The van der Waals surface area contributed by atoms with Gasteiger partial charge in [-0.15, -0.1) is 0 Å². The molecule has 2 saturated heterocycles. The zero-order valence-electron chi connectivity index (χ0n) is 21.8. The average Bonchev–Trinajstić information content (AvgIpc) is 3.15. The minimum Gasteiger partial charge on any atom is -0.475 e. The van der Waals surface area contributed by atoms with Gasteiger partial charge in [0.25, 0.3) is 0 Å². The standard InChI is InChI=1S/C26H32FN3O3.C2HF3O2/c27-22-6-4-18(5-7-22)10-11-29(25(32)17-31)12-13-30-23-8-9-24(30)16-21(15-23)19-2-1-3-20(14-19)26(28)33;3-2(4,5)1(6)7/h1-7,14,21,23-24,31H,8-13,15-17H2,(H2,28,33);(H,6,7). The zero-order chi connectivity index (χ0) is 29.4. The number of halogens is 4. The van der Waals surface area contributed by atoms with Crippen molar-refractivity contribution < 1.29 is 42.2 Å². The van der Waals surface area contributed by atoms with Crippen molar-refractivity contribution in [3.8, 4) is 0 Å². The Morgan fingerprint density at radius 2 is 1.60 bits per heavy atom. The molecule has 4 N–H and O–H groups in total. The first-order valence-electron chi connectivity index (χ1n) is 13.0.